The van der Waals surface area contributed by atoms with Crippen molar-refractivity contribution in [2.45, 2.75) is 12.5 Å². The second kappa shape index (κ2) is 4.49. The monoisotopic (exact) mass is 221 g/mol. The average Bonchev–Trinajstić information content (AvgIpc) is 2.77. The van der Waals surface area contributed by atoms with Crippen LogP contribution >= 0.6 is 0 Å². The number of nitrogen functional groups attached to an aromatic ring is 1. The molecule has 1 atom stereocenters. The summed E-state index contributed by atoms with van der Waals surface area (Å²) < 4.78 is 5.21. The number of carbonyl (C=O) groups is 1. The van der Waals surface area contributed by atoms with E-state index < -0.39 is 0 Å². The first-order valence-corrected chi connectivity index (χ1v) is 5.24. The van der Waals surface area contributed by atoms with Crippen molar-refractivity contribution in [3.8, 4) is 0 Å². The summed E-state index contributed by atoms with van der Waals surface area (Å²) in [5.74, 6) is -0.0560. The standard InChI is InChI=1S/C11H15N3O2/c1-16-9-4-5-14(7-9)11(15)10-3-2-8(12)6-13-10/h2-3,6,9H,4-5,7,12H2,1H3. The highest BCUT2D eigenvalue weighted by Crippen LogP contribution is 2.14. The second-order valence-corrected chi connectivity index (χ2v) is 3.87. The van der Waals surface area contributed by atoms with Gasteiger partial charge in [-0.2, -0.15) is 0 Å². The zero-order chi connectivity index (χ0) is 11.5. The highest BCUT2D eigenvalue weighted by molar-refractivity contribution is 5.92. The predicted octanol–water partition coefficient (Wildman–Crippen LogP) is 0.525. The fourth-order valence-corrected chi connectivity index (χ4v) is 1.80. The van der Waals surface area contributed by atoms with Crippen molar-refractivity contribution in [1.29, 1.82) is 0 Å². The van der Waals surface area contributed by atoms with Crippen LogP contribution in [0.3, 0.4) is 0 Å². The number of carbonyl (C=O) groups excluding carboxylic acids is 1. The van der Waals surface area contributed by atoms with Crippen LogP contribution in [0, 0.1) is 0 Å². The van der Waals surface area contributed by atoms with Crippen LogP contribution in [-0.2, 0) is 4.74 Å². The number of amides is 1. The largest absolute Gasteiger partial charge is 0.397 e. The molecule has 0 saturated carbocycles. The lowest BCUT2D eigenvalue weighted by Gasteiger charge is -2.15. The number of hydrogen-bond acceptors (Lipinski definition) is 4. The quantitative estimate of drug-likeness (QED) is 0.790. The Hall–Kier alpha value is -1.62. The molecule has 1 aromatic heterocycles. The van der Waals surface area contributed by atoms with Crippen LogP contribution < -0.4 is 5.73 Å². The Morgan fingerprint density at radius 3 is 3.00 bits per heavy atom. The molecule has 86 valence electrons. The molecule has 1 saturated heterocycles. The molecule has 2 heterocycles. The normalized spacial score (nSPS) is 20.1. The van der Waals surface area contributed by atoms with E-state index in [9.17, 15) is 4.79 Å². The Bertz CT molecular complexity index is 377. The van der Waals surface area contributed by atoms with Gasteiger partial charge in [-0.3, -0.25) is 4.79 Å². The lowest BCUT2D eigenvalue weighted by molar-refractivity contribution is 0.0719. The molecule has 0 spiro atoms. The van der Waals surface area contributed by atoms with E-state index in [1.54, 1.807) is 24.1 Å². The Balaban J connectivity index is 2.05. The fraction of sp³-hybridized carbons (Fsp3) is 0.455. The van der Waals surface area contributed by atoms with E-state index in [1.165, 1.54) is 6.20 Å². The average molecular weight is 221 g/mol. The molecule has 1 amide bonds. The summed E-state index contributed by atoms with van der Waals surface area (Å²) >= 11 is 0. The van der Waals surface area contributed by atoms with Gasteiger partial charge in [0.2, 0.25) is 0 Å². The minimum Gasteiger partial charge on any atom is -0.397 e. The van der Waals surface area contributed by atoms with Crippen LogP contribution in [0.15, 0.2) is 18.3 Å². The molecular formula is C11H15N3O2. The molecule has 2 N–H and O–H groups in total. The smallest absolute Gasteiger partial charge is 0.272 e. The molecule has 2 rings (SSSR count). The van der Waals surface area contributed by atoms with Crippen LogP contribution in [-0.4, -0.2) is 42.1 Å². The predicted molar refractivity (Wildman–Crippen MR) is 60.0 cm³/mol. The fourth-order valence-electron chi connectivity index (χ4n) is 1.80. The first kappa shape index (κ1) is 10.9. The zero-order valence-corrected chi connectivity index (χ0v) is 9.22. The van der Waals surface area contributed by atoms with E-state index >= 15 is 0 Å². The third-order valence-corrected chi connectivity index (χ3v) is 2.77. The van der Waals surface area contributed by atoms with Gasteiger partial charge in [0.25, 0.3) is 5.91 Å². The molecule has 16 heavy (non-hydrogen) atoms. The van der Waals surface area contributed by atoms with Crippen molar-refractivity contribution in [3.63, 3.8) is 0 Å². The zero-order valence-electron chi connectivity index (χ0n) is 9.22. The Labute approximate surface area is 94.2 Å². The number of anilines is 1. The summed E-state index contributed by atoms with van der Waals surface area (Å²) in [6.07, 6.45) is 2.53. The third kappa shape index (κ3) is 2.14. The summed E-state index contributed by atoms with van der Waals surface area (Å²) in [5.41, 5.74) is 6.52. The molecule has 0 aromatic carbocycles. The number of rotatable bonds is 2. The number of aromatic nitrogens is 1. The van der Waals surface area contributed by atoms with Gasteiger partial charge in [-0.25, -0.2) is 4.98 Å². The van der Waals surface area contributed by atoms with Gasteiger partial charge in [0.15, 0.2) is 0 Å². The van der Waals surface area contributed by atoms with Gasteiger partial charge in [-0.15, -0.1) is 0 Å². The highest BCUT2D eigenvalue weighted by atomic mass is 16.5. The molecule has 1 aliphatic heterocycles. The van der Waals surface area contributed by atoms with Gasteiger partial charge in [0.05, 0.1) is 18.0 Å². The Morgan fingerprint density at radius 1 is 1.62 bits per heavy atom. The molecular weight excluding hydrogens is 206 g/mol. The molecule has 0 bridgehead atoms. The number of hydrogen-bond donors (Lipinski definition) is 1. The minimum atomic E-state index is -0.0560. The van der Waals surface area contributed by atoms with Gasteiger partial charge < -0.3 is 15.4 Å². The lowest BCUT2D eigenvalue weighted by Crippen LogP contribution is -2.30. The summed E-state index contributed by atoms with van der Waals surface area (Å²) in [4.78, 5) is 17.8. The van der Waals surface area contributed by atoms with Crippen molar-refractivity contribution >= 4 is 11.6 Å². The molecule has 5 nitrogen and oxygen atoms in total. The SMILES string of the molecule is COC1CCN(C(=O)c2ccc(N)cn2)C1. The number of likely N-dealkylation sites (tertiary alicyclic amines) is 1. The summed E-state index contributed by atoms with van der Waals surface area (Å²) in [6, 6.07) is 3.34. The number of pyridine rings is 1. The first-order chi connectivity index (χ1) is 7.70. The summed E-state index contributed by atoms with van der Waals surface area (Å²) in [7, 11) is 1.67. The number of methoxy groups -OCH3 is 1. The Kier molecular flexibility index (Phi) is 3.05. The van der Waals surface area contributed by atoms with Gasteiger partial charge >= 0.3 is 0 Å². The van der Waals surface area contributed by atoms with E-state index in [1.807, 2.05) is 0 Å². The molecule has 1 fully saturated rings. The second-order valence-electron chi connectivity index (χ2n) is 3.87. The highest BCUT2D eigenvalue weighted by Gasteiger charge is 2.27. The van der Waals surface area contributed by atoms with E-state index in [4.69, 9.17) is 10.5 Å². The van der Waals surface area contributed by atoms with Crippen LogP contribution in [0.1, 0.15) is 16.9 Å². The van der Waals surface area contributed by atoms with Gasteiger partial charge in [-0.05, 0) is 18.6 Å². The van der Waals surface area contributed by atoms with Crippen LogP contribution in [0.5, 0.6) is 0 Å². The lowest BCUT2D eigenvalue weighted by atomic mass is 10.3. The maximum atomic E-state index is 12.0. The van der Waals surface area contributed by atoms with Crippen molar-refractivity contribution in [2.75, 3.05) is 25.9 Å². The third-order valence-electron chi connectivity index (χ3n) is 2.77. The van der Waals surface area contributed by atoms with Gasteiger partial charge in [0, 0.05) is 20.2 Å². The molecule has 0 aliphatic carbocycles. The van der Waals surface area contributed by atoms with Gasteiger partial charge in [0.1, 0.15) is 5.69 Å². The minimum absolute atomic E-state index is 0.0560. The first-order valence-electron chi connectivity index (χ1n) is 5.24. The van der Waals surface area contributed by atoms with E-state index in [0.717, 1.165) is 13.0 Å². The van der Waals surface area contributed by atoms with E-state index in [0.29, 0.717) is 17.9 Å². The molecule has 1 aromatic rings. The van der Waals surface area contributed by atoms with Crippen LogP contribution in [0.25, 0.3) is 0 Å². The van der Waals surface area contributed by atoms with Crippen LogP contribution in [0.2, 0.25) is 0 Å². The van der Waals surface area contributed by atoms with Crippen molar-refractivity contribution in [2.24, 2.45) is 0 Å². The molecule has 1 aliphatic rings. The van der Waals surface area contributed by atoms with Crippen molar-refractivity contribution in [3.05, 3.63) is 24.0 Å². The summed E-state index contributed by atoms with van der Waals surface area (Å²) in [6.45, 7) is 1.37. The maximum Gasteiger partial charge on any atom is 0.272 e. The molecule has 5 heteroatoms. The molecule has 0 radical (unpaired) electrons. The number of nitrogens with zero attached hydrogens (tertiary/aromatic N) is 2. The topological polar surface area (TPSA) is 68.5 Å². The van der Waals surface area contributed by atoms with Crippen molar-refractivity contribution < 1.29 is 9.53 Å². The van der Waals surface area contributed by atoms with Gasteiger partial charge in [-0.1, -0.05) is 0 Å². The molecule has 1 unspecified atom stereocenters. The maximum absolute atomic E-state index is 12.0. The Morgan fingerprint density at radius 2 is 2.44 bits per heavy atom. The van der Waals surface area contributed by atoms with E-state index in [2.05, 4.69) is 4.98 Å². The number of nitrogens with two attached hydrogens (primary N) is 1. The summed E-state index contributed by atoms with van der Waals surface area (Å²) in [5, 5.41) is 0. The van der Waals surface area contributed by atoms with Crippen molar-refractivity contribution in [1.82, 2.24) is 9.88 Å². The number of ether oxygens (including phenoxy) is 1. The van der Waals surface area contributed by atoms with E-state index in [-0.39, 0.29) is 12.0 Å². The van der Waals surface area contributed by atoms with Crippen LogP contribution in [0.4, 0.5) is 5.69 Å².